The van der Waals surface area contributed by atoms with Crippen molar-refractivity contribution in [1.82, 2.24) is 0 Å². The number of amides is 2. The molecule has 0 aliphatic heterocycles. The molecule has 6 nitrogen and oxygen atoms in total. The minimum atomic E-state index is -0.618. The molecule has 0 fully saturated rings. The van der Waals surface area contributed by atoms with E-state index in [1.165, 1.54) is 17.4 Å². The highest BCUT2D eigenvalue weighted by molar-refractivity contribution is 7.17. The lowest BCUT2D eigenvalue weighted by Gasteiger charge is -2.06. The highest BCUT2D eigenvalue weighted by atomic mass is 32.1. The van der Waals surface area contributed by atoms with Crippen molar-refractivity contribution < 1.29 is 19.1 Å². The third kappa shape index (κ3) is 4.18. The molecule has 1 heterocycles. The topological polar surface area (TPSA) is 98.5 Å². The number of thiophene rings is 1. The average molecular weight is 370 g/mol. The Morgan fingerprint density at radius 3 is 2.69 bits per heavy atom. The van der Waals surface area contributed by atoms with E-state index in [0.29, 0.717) is 10.6 Å². The maximum absolute atomic E-state index is 12.0. The SMILES string of the molecule is NC(=O)c1c(NC(=O)COC(=O)/C=C/c2ccccc2)sc2c1CCC2. The van der Waals surface area contributed by atoms with Gasteiger partial charge in [-0.05, 0) is 36.5 Å². The maximum atomic E-state index is 12.0. The number of fused-ring (bicyclic) bond motifs is 1. The van der Waals surface area contributed by atoms with Gasteiger partial charge in [-0.2, -0.15) is 0 Å². The van der Waals surface area contributed by atoms with Crippen LogP contribution in [0.2, 0.25) is 0 Å². The van der Waals surface area contributed by atoms with Crippen LogP contribution in [0.25, 0.3) is 6.08 Å². The Morgan fingerprint density at radius 2 is 1.96 bits per heavy atom. The smallest absolute Gasteiger partial charge is 0.331 e. The number of rotatable bonds is 6. The van der Waals surface area contributed by atoms with Crippen LogP contribution in [0.4, 0.5) is 5.00 Å². The molecule has 1 aromatic carbocycles. The summed E-state index contributed by atoms with van der Waals surface area (Å²) >= 11 is 1.36. The Hall–Kier alpha value is -2.93. The van der Waals surface area contributed by atoms with Crippen LogP contribution < -0.4 is 11.1 Å². The summed E-state index contributed by atoms with van der Waals surface area (Å²) in [5.74, 6) is -1.68. The number of hydrogen-bond acceptors (Lipinski definition) is 5. The van der Waals surface area contributed by atoms with Crippen LogP contribution in [0.1, 0.15) is 32.8 Å². The molecular formula is C19H18N2O4S. The van der Waals surface area contributed by atoms with E-state index in [-0.39, 0.29) is 0 Å². The number of esters is 1. The van der Waals surface area contributed by atoms with Crippen LogP contribution in [-0.2, 0) is 27.2 Å². The molecule has 1 aliphatic rings. The van der Waals surface area contributed by atoms with Gasteiger partial charge in [0.05, 0.1) is 5.56 Å². The molecule has 3 N–H and O–H groups in total. The third-order valence-corrected chi connectivity index (χ3v) is 5.18. The second-order valence-electron chi connectivity index (χ2n) is 5.83. The zero-order chi connectivity index (χ0) is 18.5. The fraction of sp³-hybridized carbons (Fsp3) is 0.211. The Kier molecular flexibility index (Phi) is 5.48. The van der Waals surface area contributed by atoms with Crippen molar-refractivity contribution in [3.63, 3.8) is 0 Å². The van der Waals surface area contributed by atoms with Crippen molar-refractivity contribution >= 4 is 40.2 Å². The van der Waals surface area contributed by atoms with Crippen LogP contribution in [-0.4, -0.2) is 24.4 Å². The molecule has 0 radical (unpaired) electrons. The van der Waals surface area contributed by atoms with Gasteiger partial charge in [0.15, 0.2) is 6.61 Å². The van der Waals surface area contributed by atoms with Gasteiger partial charge in [-0.1, -0.05) is 30.3 Å². The van der Waals surface area contributed by atoms with Gasteiger partial charge in [0.25, 0.3) is 11.8 Å². The van der Waals surface area contributed by atoms with Crippen molar-refractivity contribution in [1.29, 1.82) is 0 Å². The van der Waals surface area contributed by atoms with Crippen molar-refractivity contribution in [3.05, 3.63) is 58.0 Å². The molecule has 0 saturated heterocycles. The van der Waals surface area contributed by atoms with Gasteiger partial charge in [-0.3, -0.25) is 9.59 Å². The summed E-state index contributed by atoms with van der Waals surface area (Å²) in [7, 11) is 0. The first-order chi connectivity index (χ1) is 12.5. The normalized spacial score (nSPS) is 12.8. The predicted molar refractivity (Wildman–Crippen MR) is 99.9 cm³/mol. The molecule has 0 unspecified atom stereocenters. The third-order valence-electron chi connectivity index (χ3n) is 3.98. The molecule has 2 amide bonds. The van der Waals surface area contributed by atoms with Crippen molar-refractivity contribution in [2.24, 2.45) is 5.73 Å². The quantitative estimate of drug-likeness (QED) is 0.603. The minimum Gasteiger partial charge on any atom is -0.452 e. The second kappa shape index (κ2) is 7.97. The van der Waals surface area contributed by atoms with Crippen molar-refractivity contribution in [2.45, 2.75) is 19.3 Å². The highest BCUT2D eigenvalue weighted by Gasteiger charge is 2.26. The highest BCUT2D eigenvalue weighted by Crippen LogP contribution is 2.38. The van der Waals surface area contributed by atoms with Crippen LogP contribution in [0.3, 0.4) is 0 Å². The summed E-state index contributed by atoms with van der Waals surface area (Å²) in [4.78, 5) is 36.5. The molecular weight excluding hydrogens is 352 g/mol. The lowest BCUT2D eigenvalue weighted by Crippen LogP contribution is -2.22. The van der Waals surface area contributed by atoms with Gasteiger partial charge < -0.3 is 15.8 Å². The van der Waals surface area contributed by atoms with Gasteiger partial charge in [0, 0.05) is 11.0 Å². The Labute approximate surface area is 154 Å². The molecule has 134 valence electrons. The molecule has 0 atom stereocenters. The van der Waals surface area contributed by atoms with Gasteiger partial charge in [0.1, 0.15) is 5.00 Å². The number of ether oxygens (including phenoxy) is 1. The maximum Gasteiger partial charge on any atom is 0.331 e. The lowest BCUT2D eigenvalue weighted by atomic mass is 10.1. The van der Waals surface area contributed by atoms with Crippen molar-refractivity contribution in [2.75, 3.05) is 11.9 Å². The Bertz CT molecular complexity index is 871. The fourth-order valence-electron chi connectivity index (χ4n) is 2.83. The Morgan fingerprint density at radius 1 is 1.19 bits per heavy atom. The van der Waals surface area contributed by atoms with E-state index in [0.717, 1.165) is 35.3 Å². The number of hydrogen-bond donors (Lipinski definition) is 2. The zero-order valence-electron chi connectivity index (χ0n) is 14.0. The first-order valence-corrected chi connectivity index (χ1v) is 9.00. The lowest BCUT2D eigenvalue weighted by molar-refractivity contribution is -0.142. The number of primary amides is 1. The summed E-state index contributed by atoms with van der Waals surface area (Å²) in [5, 5.41) is 3.06. The number of nitrogens with one attached hydrogen (secondary N) is 1. The average Bonchev–Trinajstić information content (AvgIpc) is 3.19. The molecule has 26 heavy (non-hydrogen) atoms. The van der Waals surface area contributed by atoms with E-state index >= 15 is 0 Å². The van der Waals surface area contributed by atoms with E-state index < -0.39 is 24.4 Å². The molecule has 7 heteroatoms. The number of carbonyl (C=O) groups excluding carboxylic acids is 3. The van der Waals surface area contributed by atoms with Gasteiger partial charge in [-0.25, -0.2) is 4.79 Å². The molecule has 2 aromatic rings. The minimum absolute atomic E-state index is 0.381. The van der Waals surface area contributed by atoms with Gasteiger partial charge in [-0.15, -0.1) is 11.3 Å². The molecule has 0 spiro atoms. The van der Waals surface area contributed by atoms with Crippen molar-refractivity contribution in [3.8, 4) is 0 Å². The summed E-state index contributed by atoms with van der Waals surface area (Å²) in [6.07, 6.45) is 5.53. The molecule has 3 rings (SSSR count). The van der Waals surface area contributed by atoms with Gasteiger partial charge in [0.2, 0.25) is 0 Å². The molecule has 1 aromatic heterocycles. The summed E-state index contributed by atoms with van der Waals surface area (Å²) < 4.78 is 4.93. The summed E-state index contributed by atoms with van der Waals surface area (Å²) in [5.41, 5.74) is 7.61. The molecule has 1 aliphatic carbocycles. The molecule has 0 saturated carbocycles. The largest absolute Gasteiger partial charge is 0.452 e. The fourth-order valence-corrected chi connectivity index (χ4v) is 4.14. The predicted octanol–water partition coefficient (Wildman–Crippen LogP) is 2.53. The van der Waals surface area contributed by atoms with E-state index in [4.69, 9.17) is 10.5 Å². The number of nitrogens with two attached hydrogens (primary N) is 1. The van der Waals surface area contributed by atoms with Crippen LogP contribution >= 0.6 is 11.3 Å². The van der Waals surface area contributed by atoms with E-state index in [9.17, 15) is 14.4 Å². The van der Waals surface area contributed by atoms with Crippen LogP contribution in [0, 0.1) is 0 Å². The number of aryl methyl sites for hydroxylation is 1. The van der Waals surface area contributed by atoms with Crippen LogP contribution in [0.5, 0.6) is 0 Å². The first-order valence-electron chi connectivity index (χ1n) is 8.18. The molecule has 0 bridgehead atoms. The summed E-state index contributed by atoms with van der Waals surface area (Å²) in [6.45, 7) is -0.432. The van der Waals surface area contributed by atoms with Crippen LogP contribution in [0.15, 0.2) is 36.4 Å². The zero-order valence-corrected chi connectivity index (χ0v) is 14.8. The first kappa shape index (κ1) is 17.9. The second-order valence-corrected chi connectivity index (χ2v) is 6.93. The number of carbonyl (C=O) groups is 3. The number of benzene rings is 1. The standard InChI is InChI=1S/C19H18N2O4S/c20-18(24)17-13-7-4-8-14(13)26-19(17)21-15(22)11-25-16(23)10-9-12-5-2-1-3-6-12/h1-3,5-6,9-10H,4,7-8,11H2,(H2,20,24)(H,21,22)/b10-9+. The Balaban J connectivity index is 1.56. The summed E-state index contributed by atoms with van der Waals surface area (Å²) in [6, 6.07) is 9.27. The monoisotopic (exact) mass is 370 g/mol. The van der Waals surface area contributed by atoms with Gasteiger partial charge >= 0.3 is 5.97 Å². The number of anilines is 1. The van der Waals surface area contributed by atoms with E-state index in [1.54, 1.807) is 6.08 Å². The van der Waals surface area contributed by atoms with E-state index in [2.05, 4.69) is 5.32 Å². The van der Waals surface area contributed by atoms with E-state index in [1.807, 2.05) is 30.3 Å².